The van der Waals surface area contributed by atoms with Crippen LogP contribution in [0.1, 0.15) is 34.8 Å². The number of benzene rings is 2. The molecule has 0 spiro atoms. The zero-order valence-corrected chi connectivity index (χ0v) is 16.1. The average molecular weight is 386 g/mol. The molecule has 0 radical (unpaired) electrons. The van der Waals surface area contributed by atoms with E-state index in [9.17, 15) is 9.59 Å². The highest BCUT2D eigenvalue weighted by atomic mass is 35.5. The van der Waals surface area contributed by atoms with E-state index < -0.39 is 6.04 Å². The van der Waals surface area contributed by atoms with E-state index in [0.29, 0.717) is 10.6 Å². The molecule has 2 aromatic carbocycles. The first-order chi connectivity index (χ1) is 13.1. The molecule has 1 fully saturated rings. The molecule has 5 nitrogen and oxygen atoms in total. The van der Waals surface area contributed by atoms with E-state index in [0.717, 1.165) is 25.1 Å². The van der Waals surface area contributed by atoms with Gasteiger partial charge >= 0.3 is 0 Å². The lowest BCUT2D eigenvalue weighted by molar-refractivity contribution is -0.132. The van der Waals surface area contributed by atoms with E-state index in [1.807, 2.05) is 37.4 Å². The Hall–Kier alpha value is -2.37. The first-order valence-corrected chi connectivity index (χ1v) is 9.51. The van der Waals surface area contributed by atoms with Crippen molar-refractivity contribution in [1.82, 2.24) is 15.5 Å². The van der Waals surface area contributed by atoms with Crippen molar-refractivity contribution in [1.29, 1.82) is 0 Å². The third-order valence-electron chi connectivity index (χ3n) is 4.98. The normalized spacial score (nSPS) is 17.3. The molecule has 0 aromatic heterocycles. The second-order valence-corrected chi connectivity index (χ2v) is 7.18. The second-order valence-electron chi connectivity index (χ2n) is 6.77. The number of hydrogen-bond acceptors (Lipinski definition) is 3. The molecule has 0 saturated carbocycles. The van der Waals surface area contributed by atoms with Gasteiger partial charge in [0.1, 0.15) is 0 Å². The number of carbonyl (C=O) groups excluding carboxylic acids is 2. The summed E-state index contributed by atoms with van der Waals surface area (Å²) < 4.78 is 0. The van der Waals surface area contributed by atoms with Gasteiger partial charge in [-0.25, -0.2) is 0 Å². The minimum atomic E-state index is -0.417. The zero-order valence-electron chi connectivity index (χ0n) is 15.3. The monoisotopic (exact) mass is 385 g/mol. The number of halogens is 1. The number of carbonyl (C=O) groups is 2. The van der Waals surface area contributed by atoms with Gasteiger partial charge < -0.3 is 15.5 Å². The first-order valence-electron chi connectivity index (χ1n) is 9.13. The molecule has 2 atom stereocenters. The van der Waals surface area contributed by atoms with Crippen LogP contribution in [-0.2, 0) is 4.79 Å². The fourth-order valence-corrected chi connectivity index (χ4v) is 3.53. The quantitative estimate of drug-likeness (QED) is 0.803. The van der Waals surface area contributed by atoms with Crippen LogP contribution in [-0.4, -0.2) is 42.9 Å². The molecule has 1 heterocycles. The Bertz CT molecular complexity index is 791. The van der Waals surface area contributed by atoms with Crippen molar-refractivity contribution in [3.63, 3.8) is 0 Å². The predicted octanol–water partition coefficient (Wildman–Crippen LogP) is 3.02. The smallest absolute Gasteiger partial charge is 0.253 e. The highest BCUT2D eigenvalue weighted by Crippen LogP contribution is 2.22. The summed E-state index contributed by atoms with van der Waals surface area (Å²) in [6.45, 7) is 1.73. The molecular weight excluding hydrogens is 362 g/mol. The second kappa shape index (κ2) is 9.02. The Morgan fingerprint density at radius 2 is 1.89 bits per heavy atom. The summed E-state index contributed by atoms with van der Waals surface area (Å²) in [7, 11) is 1.83. The van der Waals surface area contributed by atoms with Crippen LogP contribution in [0.2, 0.25) is 5.02 Å². The minimum Gasteiger partial charge on any atom is -0.345 e. The molecule has 0 bridgehead atoms. The summed E-state index contributed by atoms with van der Waals surface area (Å²) in [6, 6.07) is 16.2. The highest BCUT2D eigenvalue weighted by molar-refractivity contribution is 6.33. The predicted molar refractivity (Wildman–Crippen MR) is 107 cm³/mol. The van der Waals surface area contributed by atoms with Crippen LogP contribution in [0.5, 0.6) is 0 Å². The molecule has 27 heavy (non-hydrogen) atoms. The van der Waals surface area contributed by atoms with Crippen LogP contribution in [0.15, 0.2) is 54.6 Å². The Labute approximate surface area is 164 Å². The van der Waals surface area contributed by atoms with Gasteiger partial charge in [-0.1, -0.05) is 54.1 Å². The number of likely N-dealkylation sites (N-methyl/N-ethyl adjacent to an activating group) is 1. The van der Waals surface area contributed by atoms with E-state index in [1.54, 1.807) is 29.2 Å². The standard InChI is InChI=1S/C21H24ClN3O2/c1-25(16-11-12-23-14-16)20(26)13-19(15-7-3-2-4-8-15)24-21(27)17-9-5-6-10-18(17)22/h2-10,16,19,23H,11-14H2,1H3,(H,24,27). The molecule has 0 aliphatic carbocycles. The topological polar surface area (TPSA) is 61.4 Å². The van der Waals surface area contributed by atoms with E-state index in [4.69, 9.17) is 11.6 Å². The maximum Gasteiger partial charge on any atom is 0.253 e. The average Bonchev–Trinajstić information content (AvgIpc) is 3.22. The van der Waals surface area contributed by atoms with Crippen LogP contribution < -0.4 is 10.6 Å². The summed E-state index contributed by atoms with van der Waals surface area (Å²) in [4.78, 5) is 27.3. The van der Waals surface area contributed by atoms with Gasteiger partial charge in [-0.3, -0.25) is 9.59 Å². The number of hydrogen-bond donors (Lipinski definition) is 2. The SMILES string of the molecule is CN(C(=O)CC(NC(=O)c1ccccc1Cl)c1ccccc1)C1CCNC1. The summed E-state index contributed by atoms with van der Waals surface area (Å²) in [5.41, 5.74) is 1.30. The number of nitrogens with zero attached hydrogens (tertiary/aromatic N) is 1. The van der Waals surface area contributed by atoms with E-state index in [2.05, 4.69) is 10.6 Å². The van der Waals surface area contributed by atoms with Gasteiger partial charge in [-0.05, 0) is 30.7 Å². The van der Waals surface area contributed by atoms with Crippen molar-refractivity contribution in [3.8, 4) is 0 Å². The van der Waals surface area contributed by atoms with Gasteiger partial charge in [-0.2, -0.15) is 0 Å². The Morgan fingerprint density at radius 3 is 2.56 bits per heavy atom. The molecule has 6 heteroatoms. The van der Waals surface area contributed by atoms with Crippen molar-refractivity contribution in [2.24, 2.45) is 0 Å². The third kappa shape index (κ3) is 4.87. The summed E-state index contributed by atoms with van der Waals surface area (Å²) in [6.07, 6.45) is 1.15. The van der Waals surface area contributed by atoms with Crippen molar-refractivity contribution in [2.75, 3.05) is 20.1 Å². The fraction of sp³-hybridized carbons (Fsp3) is 0.333. The Morgan fingerprint density at radius 1 is 1.19 bits per heavy atom. The molecule has 2 amide bonds. The van der Waals surface area contributed by atoms with Crippen molar-refractivity contribution in [2.45, 2.75) is 24.9 Å². The summed E-state index contributed by atoms with van der Waals surface area (Å²) in [5, 5.41) is 6.65. The van der Waals surface area contributed by atoms with E-state index in [-0.39, 0.29) is 24.3 Å². The summed E-state index contributed by atoms with van der Waals surface area (Å²) >= 11 is 6.15. The van der Waals surface area contributed by atoms with E-state index in [1.165, 1.54) is 0 Å². The molecule has 142 valence electrons. The molecule has 1 aliphatic rings. The van der Waals surface area contributed by atoms with Crippen LogP contribution in [0.4, 0.5) is 0 Å². The molecule has 3 rings (SSSR count). The van der Waals surface area contributed by atoms with E-state index >= 15 is 0 Å². The number of nitrogens with one attached hydrogen (secondary N) is 2. The largest absolute Gasteiger partial charge is 0.345 e. The Kier molecular flexibility index (Phi) is 6.48. The maximum absolute atomic E-state index is 12.8. The molecule has 2 aromatic rings. The lowest BCUT2D eigenvalue weighted by Gasteiger charge is -2.27. The molecule has 1 saturated heterocycles. The van der Waals surface area contributed by atoms with Gasteiger partial charge in [0.05, 0.1) is 23.0 Å². The first kappa shape index (κ1) is 19.4. The van der Waals surface area contributed by atoms with Gasteiger partial charge in [0.2, 0.25) is 5.91 Å². The third-order valence-corrected chi connectivity index (χ3v) is 5.31. The van der Waals surface area contributed by atoms with Crippen LogP contribution in [0.25, 0.3) is 0 Å². The fourth-order valence-electron chi connectivity index (χ4n) is 3.31. The van der Waals surface area contributed by atoms with Crippen molar-refractivity contribution < 1.29 is 9.59 Å². The van der Waals surface area contributed by atoms with Crippen molar-refractivity contribution >= 4 is 23.4 Å². The van der Waals surface area contributed by atoms with Crippen LogP contribution in [0, 0.1) is 0 Å². The number of rotatable bonds is 6. The molecular formula is C21H24ClN3O2. The molecule has 2 unspecified atom stereocenters. The van der Waals surface area contributed by atoms with Crippen LogP contribution in [0.3, 0.4) is 0 Å². The summed E-state index contributed by atoms with van der Waals surface area (Å²) in [5.74, 6) is -0.274. The zero-order chi connectivity index (χ0) is 19.2. The number of amides is 2. The van der Waals surface area contributed by atoms with Gasteiger partial charge in [-0.15, -0.1) is 0 Å². The molecule has 2 N–H and O–H groups in total. The highest BCUT2D eigenvalue weighted by Gasteiger charge is 2.27. The van der Waals surface area contributed by atoms with Gasteiger partial charge in [0.25, 0.3) is 5.91 Å². The van der Waals surface area contributed by atoms with Gasteiger partial charge in [0.15, 0.2) is 0 Å². The lowest BCUT2D eigenvalue weighted by Crippen LogP contribution is -2.41. The van der Waals surface area contributed by atoms with Gasteiger partial charge in [0, 0.05) is 19.6 Å². The maximum atomic E-state index is 12.8. The minimum absolute atomic E-state index is 0.0111. The Balaban J connectivity index is 1.76. The van der Waals surface area contributed by atoms with Crippen molar-refractivity contribution in [3.05, 3.63) is 70.7 Å². The van der Waals surface area contributed by atoms with Crippen LogP contribution >= 0.6 is 11.6 Å². The molecule has 1 aliphatic heterocycles. The lowest BCUT2D eigenvalue weighted by atomic mass is 10.0.